The third-order valence-electron chi connectivity index (χ3n) is 7.16. The van der Waals surface area contributed by atoms with Gasteiger partial charge in [0.15, 0.2) is 0 Å². The van der Waals surface area contributed by atoms with Gasteiger partial charge in [-0.25, -0.2) is 4.79 Å². The lowest BCUT2D eigenvalue weighted by Gasteiger charge is -2.42. The summed E-state index contributed by atoms with van der Waals surface area (Å²) in [6.07, 6.45) is 0.506. The standard InChI is InChI=1S/C32H32N4O5/c1-38-32(37)26-17-18-36-27(22-39-19-23-11-5-2-6-12-23)30(40-20-24-13-7-3-8-14-24)31(28(29(26)36)34-35-33)41-21-25-15-9-4-10-16-25/h2-18,27-28,30-31H,19-22H2,1H3/t27-,28+,30-,31-/m1/s1. The molecule has 0 saturated heterocycles. The van der Waals surface area contributed by atoms with Crippen molar-refractivity contribution in [1.82, 2.24) is 4.57 Å². The van der Waals surface area contributed by atoms with Gasteiger partial charge in [0.1, 0.15) is 18.2 Å². The number of carbonyl (C=O) groups is 1. The topological polar surface area (TPSA) is 108 Å². The highest BCUT2D eigenvalue weighted by Crippen LogP contribution is 2.42. The molecule has 9 heteroatoms. The molecule has 1 aliphatic heterocycles. The first-order chi connectivity index (χ1) is 20.2. The molecular formula is C32H32N4O5. The summed E-state index contributed by atoms with van der Waals surface area (Å²) in [6.45, 7) is 1.25. The molecule has 4 atom stereocenters. The molecule has 0 unspecified atom stereocenters. The highest BCUT2D eigenvalue weighted by atomic mass is 16.5. The van der Waals surface area contributed by atoms with E-state index in [1.165, 1.54) is 7.11 Å². The molecule has 0 amide bonds. The number of hydrogen-bond donors (Lipinski definition) is 0. The fourth-order valence-corrected chi connectivity index (χ4v) is 5.20. The number of methoxy groups -OCH3 is 1. The average Bonchev–Trinajstić information content (AvgIpc) is 3.47. The van der Waals surface area contributed by atoms with Gasteiger partial charge in [0.05, 0.1) is 45.1 Å². The molecular weight excluding hydrogens is 520 g/mol. The molecule has 0 saturated carbocycles. The summed E-state index contributed by atoms with van der Waals surface area (Å²) < 4.78 is 26.3. The van der Waals surface area contributed by atoms with Gasteiger partial charge in [0.2, 0.25) is 0 Å². The summed E-state index contributed by atoms with van der Waals surface area (Å²) in [7, 11) is 1.33. The van der Waals surface area contributed by atoms with Crippen LogP contribution in [0, 0.1) is 0 Å². The lowest BCUT2D eigenvalue weighted by molar-refractivity contribution is -0.138. The van der Waals surface area contributed by atoms with Crippen molar-refractivity contribution < 1.29 is 23.7 Å². The minimum absolute atomic E-state index is 0.264. The van der Waals surface area contributed by atoms with Gasteiger partial charge in [-0.15, -0.1) is 0 Å². The second-order valence-electron chi connectivity index (χ2n) is 9.75. The summed E-state index contributed by atoms with van der Waals surface area (Å²) in [5.41, 5.74) is 13.4. The number of ether oxygens (including phenoxy) is 4. The van der Waals surface area contributed by atoms with Crippen molar-refractivity contribution >= 4 is 5.97 Å². The molecule has 2 heterocycles. The lowest BCUT2D eigenvalue weighted by atomic mass is 9.90. The van der Waals surface area contributed by atoms with Crippen LogP contribution < -0.4 is 0 Å². The predicted molar refractivity (Wildman–Crippen MR) is 153 cm³/mol. The Labute approximate surface area is 238 Å². The van der Waals surface area contributed by atoms with E-state index in [4.69, 9.17) is 18.9 Å². The van der Waals surface area contributed by atoms with Gasteiger partial charge >= 0.3 is 5.97 Å². The Morgan fingerprint density at radius 3 is 1.88 bits per heavy atom. The van der Waals surface area contributed by atoms with Crippen LogP contribution in [0.2, 0.25) is 0 Å². The van der Waals surface area contributed by atoms with Gasteiger partial charge in [0.25, 0.3) is 0 Å². The Hall–Kier alpha value is -4.40. The molecule has 210 valence electrons. The maximum Gasteiger partial charge on any atom is 0.339 e. The Morgan fingerprint density at radius 1 is 0.805 bits per heavy atom. The zero-order chi connectivity index (χ0) is 28.4. The molecule has 1 aliphatic rings. The van der Waals surface area contributed by atoms with Gasteiger partial charge in [-0.3, -0.25) is 0 Å². The van der Waals surface area contributed by atoms with E-state index in [0.29, 0.717) is 24.5 Å². The summed E-state index contributed by atoms with van der Waals surface area (Å²) in [6, 6.07) is 29.9. The van der Waals surface area contributed by atoms with Crippen LogP contribution in [-0.4, -0.2) is 36.5 Å². The number of azide groups is 1. The first-order valence-electron chi connectivity index (χ1n) is 13.5. The van der Waals surface area contributed by atoms with E-state index in [1.54, 1.807) is 12.3 Å². The Bertz CT molecular complexity index is 1460. The van der Waals surface area contributed by atoms with Gasteiger partial charge in [-0.1, -0.05) is 96.1 Å². The van der Waals surface area contributed by atoms with Gasteiger partial charge in [-0.05, 0) is 28.3 Å². The van der Waals surface area contributed by atoms with Crippen LogP contribution in [-0.2, 0) is 38.8 Å². The highest BCUT2D eigenvalue weighted by Gasteiger charge is 2.46. The van der Waals surface area contributed by atoms with Crippen LogP contribution in [0.15, 0.2) is 108 Å². The van der Waals surface area contributed by atoms with E-state index >= 15 is 0 Å². The van der Waals surface area contributed by atoms with E-state index in [9.17, 15) is 10.3 Å². The van der Waals surface area contributed by atoms with E-state index in [1.807, 2.05) is 95.6 Å². The zero-order valence-electron chi connectivity index (χ0n) is 22.8. The minimum atomic E-state index is -0.848. The number of aromatic nitrogens is 1. The fraction of sp³-hybridized carbons (Fsp3) is 0.281. The molecule has 0 fully saturated rings. The van der Waals surface area contributed by atoms with Gasteiger partial charge in [0, 0.05) is 16.8 Å². The molecule has 0 bridgehead atoms. The first-order valence-corrected chi connectivity index (χ1v) is 13.5. The van der Waals surface area contributed by atoms with E-state index in [-0.39, 0.29) is 19.3 Å². The quantitative estimate of drug-likeness (QED) is 0.0855. The van der Waals surface area contributed by atoms with Crippen LogP contribution in [0.5, 0.6) is 0 Å². The molecule has 41 heavy (non-hydrogen) atoms. The lowest BCUT2D eigenvalue weighted by Crippen LogP contribution is -2.49. The molecule has 1 aromatic heterocycles. The van der Waals surface area contributed by atoms with Crippen LogP contribution >= 0.6 is 0 Å². The summed E-state index contributed by atoms with van der Waals surface area (Å²) in [4.78, 5) is 15.9. The first kappa shape index (κ1) is 28.1. The molecule has 0 N–H and O–H groups in total. The van der Waals surface area contributed by atoms with Crippen LogP contribution in [0.4, 0.5) is 0 Å². The predicted octanol–water partition coefficient (Wildman–Crippen LogP) is 6.57. The summed E-state index contributed by atoms with van der Waals surface area (Å²) in [5.74, 6) is -0.522. The highest BCUT2D eigenvalue weighted by molar-refractivity contribution is 5.91. The second-order valence-corrected chi connectivity index (χ2v) is 9.75. The Balaban J connectivity index is 1.53. The van der Waals surface area contributed by atoms with Crippen molar-refractivity contribution in [3.63, 3.8) is 0 Å². The zero-order valence-corrected chi connectivity index (χ0v) is 22.8. The number of esters is 1. The van der Waals surface area contributed by atoms with Crippen LogP contribution in [0.25, 0.3) is 10.4 Å². The normalized spacial score (nSPS) is 19.6. The van der Waals surface area contributed by atoms with Crippen LogP contribution in [0.3, 0.4) is 0 Å². The van der Waals surface area contributed by atoms with Gasteiger partial charge < -0.3 is 23.5 Å². The molecule has 0 spiro atoms. The molecule has 0 radical (unpaired) electrons. The fourth-order valence-electron chi connectivity index (χ4n) is 5.20. The van der Waals surface area contributed by atoms with Crippen molar-refractivity contribution in [2.45, 2.75) is 44.1 Å². The monoisotopic (exact) mass is 552 g/mol. The van der Waals surface area contributed by atoms with Crippen molar-refractivity contribution in [2.24, 2.45) is 5.11 Å². The average molecular weight is 553 g/mol. The third-order valence-corrected chi connectivity index (χ3v) is 7.16. The molecule has 3 aromatic carbocycles. The molecule has 0 aliphatic carbocycles. The molecule has 9 nitrogen and oxygen atoms in total. The number of hydrogen-bond acceptors (Lipinski definition) is 6. The molecule has 4 aromatic rings. The maximum absolute atomic E-state index is 12.8. The number of rotatable bonds is 12. The maximum atomic E-state index is 12.8. The smallest absolute Gasteiger partial charge is 0.339 e. The Kier molecular flexibility index (Phi) is 9.46. The summed E-state index contributed by atoms with van der Waals surface area (Å²) in [5, 5.41) is 4.14. The van der Waals surface area contributed by atoms with Crippen molar-refractivity contribution in [3.05, 3.63) is 142 Å². The van der Waals surface area contributed by atoms with E-state index in [0.717, 1.165) is 16.7 Å². The number of nitrogens with zero attached hydrogens (tertiary/aromatic N) is 4. The number of carbonyl (C=O) groups excluding carboxylic acids is 1. The van der Waals surface area contributed by atoms with Crippen molar-refractivity contribution in [3.8, 4) is 0 Å². The third kappa shape index (κ3) is 6.67. The largest absolute Gasteiger partial charge is 0.465 e. The number of fused-ring (bicyclic) bond motifs is 1. The second kappa shape index (κ2) is 13.8. The Morgan fingerprint density at radius 2 is 1.34 bits per heavy atom. The van der Waals surface area contributed by atoms with E-state index in [2.05, 4.69) is 10.0 Å². The van der Waals surface area contributed by atoms with Crippen molar-refractivity contribution in [1.29, 1.82) is 0 Å². The van der Waals surface area contributed by atoms with Crippen molar-refractivity contribution in [2.75, 3.05) is 13.7 Å². The van der Waals surface area contributed by atoms with E-state index < -0.39 is 24.2 Å². The summed E-state index contributed by atoms with van der Waals surface area (Å²) >= 11 is 0. The molecule has 5 rings (SSSR count). The van der Waals surface area contributed by atoms with Gasteiger partial charge in [-0.2, -0.15) is 0 Å². The SMILES string of the molecule is COC(=O)c1ccn2c1[C@H](N=[N+]=[N-])[C@@H](OCc1ccccc1)[C@H](OCc1ccccc1)[C@H]2COCc1ccccc1. The minimum Gasteiger partial charge on any atom is -0.465 e. The number of benzene rings is 3. The van der Waals surface area contributed by atoms with Crippen LogP contribution in [0.1, 0.15) is 44.8 Å².